The van der Waals surface area contributed by atoms with E-state index < -0.39 is 0 Å². The number of thiophene rings is 1. The van der Waals surface area contributed by atoms with Crippen LogP contribution in [-0.4, -0.2) is 15.7 Å². The van der Waals surface area contributed by atoms with Gasteiger partial charge in [-0.25, -0.2) is 4.68 Å². The maximum absolute atomic E-state index is 13.2. The second kappa shape index (κ2) is 8.67. The van der Waals surface area contributed by atoms with E-state index in [0.29, 0.717) is 12.2 Å². The van der Waals surface area contributed by atoms with Gasteiger partial charge >= 0.3 is 0 Å². The second-order valence-corrected chi connectivity index (χ2v) is 7.44. The van der Waals surface area contributed by atoms with Crippen LogP contribution in [0, 0.1) is 0 Å². The van der Waals surface area contributed by atoms with E-state index in [-0.39, 0.29) is 18.0 Å². The Morgan fingerprint density at radius 1 is 0.897 bits per heavy atom. The Balaban J connectivity index is 1.63. The fraction of sp³-hybridized carbons (Fsp3) is 0.0870. The van der Waals surface area contributed by atoms with Crippen LogP contribution in [0.5, 0.6) is 0 Å². The number of hydrogen-bond acceptors (Lipinski definition) is 4. The highest BCUT2D eigenvalue weighted by Gasteiger charge is 2.18. The molecule has 2 heterocycles. The first-order valence-corrected chi connectivity index (χ1v) is 10.1. The van der Waals surface area contributed by atoms with Crippen molar-refractivity contribution in [2.24, 2.45) is 0 Å². The van der Waals surface area contributed by atoms with E-state index in [1.165, 1.54) is 10.7 Å². The van der Waals surface area contributed by atoms with Gasteiger partial charge in [0.15, 0.2) is 0 Å². The molecule has 0 aliphatic rings. The molecule has 0 aliphatic carbocycles. The molecule has 6 heteroatoms. The Labute approximate surface area is 172 Å². The van der Waals surface area contributed by atoms with Gasteiger partial charge in [-0.2, -0.15) is 5.10 Å². The lowest BCUT2D eigenvalue weighted by Gasteiger charge is -2.23. The first-order valence-electron chi connectivity index (χ1n) is 9.22. The van der Waals surface area contributed by atoms with Gasteiger partial charge < -0.3 is 4.90 Å². The smallest absolute Gasteiger partial charge is 0.267 e. The molecule has 1 amide bonds. The third-order valence-electron chi connectivity index (χ3n) is 4.48. The van der Waals surface area contributed by atoms with E-state index in [1.807, 2.05) is 78.2 Å². The predicted octanol–water partition coefficient (Wildman–Crippen LogP) is 4.21. The molecular weight excluding hydrogens is 382 g/mol. The van der Waals surface area contributed by atoms with Crippen molar-refractivity contribution < 1.29 is 4.79 Å². The number of amides is 1. The second-order valence-electron chi connectivity index (χ2n) is 6.49. The molecular formula is C23H19N3O2S. The van der Waals surface area contributed by atoms with E-state index in [1.54, 1.807) is 22.3 Å². The Morgan fingerprint density at radius 3 is 2.31 bits per heavy atom. The molecule has 0 bridgehead atoms. The number of rotatable bonds is 6. The van der Waals surface area contributed by atoms with Crippen LogP contribution < -0.4 is 10.5 Å². The minimum Gasteiger partial charge on any atom is -0.306 e. The van der Waals surface area contributed by atoms with Crippen LogP contribution in [0.2, 0.25) is 0 Å². The SMILES string of the molecule is O=C(Cn1nc(-c2cccs2)ccc1=O)N(Cc1ccccc1)c1ccccc1. The van der Waals surface area contributed by atoms with Gasteiger partial charge in [0.25, 0.3) is 5.56 Å². The maximum Gasteiger partial charge on any atom is 0.267 e. The average Bonchev–Trinajstić information content (AvgIpc) is 3.30. The molecule has 0 aliphatic heterocycles. The lowest BCUT2D eigenvalue weighted by Crippen LogP contribution is -2.37. The number of nitrogens with zero attached hydrogens (tertiary/aromatic N) is 3. The highest BCUT2D eigenvalue weighted by molar-refractivity contribution is 7.13. The van der Waals surface area contributed by atoms with Crippen LogP contribution in [0.25, 0.3) is 10.6 Å². The Hall–Kier alpha value is -3.51. The molecule has 0 spiro atoms. The maximum atomic E-state index is 13.2. The highest BCUT2D eigenvalue weighted by atomic mass is 32.1. The quantitative estimate of drug-likeness (QED) is 0.486. The fourth-order valence-electron chi connectivity index (χ4n) is 3.03. The largest absolute Gasteiger partial charge is 0.306 e. The first kappa shape index (κ1) is 18.8. The monoisotopic (exact) mass is 401 g/mol. The summed E-state index contributed by atoms with van der Waals surface area (Å²) >= 11 is 1.54. The van der Waals surface area contributed by atoms with Crippen molar-refractivity contribution in [2.45, 2.75) is 13.1 Å². The van der Waals surface area contributed by atoms with E-state index in [0.717, 1.165) is 16.1 Å². The molecule has 0 radical (unpaired) electrons. The Bertz CT molecular complexity index is 1140. The number of carbonyl (C=O) groups excluding carboxylic acids is 1. The van der Waals surface area contributed by atoms with E-state index in [9.17, 15) is 9.59 Å². The minimum absolute atomic E-state index is 0.125. The summed E-state index contributed by atoms with van der Waals surface area (Å²) in [6.07, 6.45) is 0. The molecule has 2 aromatic heterocycles. The van der Waals surface area contributed by atoms with Crippen LogP contribution in [0.4, 0.5) is 5.69 Å². The molecule has 2 aromatic carbocycles. The fourth-order valence-corrected chi connectivity index (χ4v) is 3.72. The first-order chi connectivity index (χ1) is 14.2. The Kier molecular flexibility index (Phi) is 5.63. The summed E-state index contributed by atoms with van der Waals surface area (Å²) in [6, 6.07) is 26.3. The average molecular weight is 401 g/mol. The highest BCUT2D eigenvalue weighted by Crippen LogP contribution is 2.21. The van der Waals surface area contributed by atoms with Gasteiger partial charge in [-0.15, -0.1) is 11.3 Å². The third kappa shape index (κ3) is 4.50. The lowest BCUT2D eigenvalue weighted by molar-refractivity contribution is -0.119. The van der Waals surface area contributed by atoms with Crippen molar-refractivity contribution in [3.05, 3.63) is 106 Å². The molecule has 0 N–H and O–H groups in total. The number of aromatic nitrogens is 2. The molecule has 5 nitrogen and oxygen atoms in total. The number of benzene rings is 2. The summed E-state index contributed by atoms with van der Waals surface area (Å²) in [5, 5.41) is 6.36. The van der Waals surface area contributed by atoms with Crippen molar-refractivity contribution in [1.29, 1.82) is 0 Å². The molecule has 4 aromatic rings. The Morgan fingerprint density at radius 2 is 1.62 bits per heavy atom. The van der Waals surface area contributed by atoms with Gasteiger partial charge in [0, 0.05) is 11.8 Å². The van der Waals surface area contributed by atoms with Gasteiger partial charge in [0.05, 0.1) is 11.4 Å². The zero-order valence-electron chi connectivity index (χ0n) is 15.6. The predicted molar refractivity (Wildman–Crippen MR) is 116 cm³/mol. The zero-order valence-corrected chi connectivity index (χ0v) is 16.5. The van der Waals surface area contributed by atoms with E-state index in [4.69, 9.17) is 0 Å². The van der Waals surface area contributed by atoms with Crippen molar-refractivity contribution in [3.63, 3.8) is 0 Å². The molecule has 0 saturated heterocycles. The van der Waals surface area contributed by atoms with Crippen LogP contribution in [0.1, 0.15) is 5.56 Å². The van der Waals surface area contributed by atoms with Crippen molar-refractivity contribution in [1.82, 2.24) is 9.78 Å². The standard InChI is InChI=1S/C23H19N3O2S/c27-22-14-13-20(21-12-7-15-29-21)24-26(22)17-23(28)25(19-10-5-2-6-11-19)16-18-8-3-1-4-9-18/h1-15H,16-17H2. The van der Waals surface area contributed by atoms with E-state index >= 15 is 0 Å². The molecule has 0 fully saturated rings. The summed E-state index contributed by atoms with van der Waals surface area (Å²) in [4.78, 5) is 28.2. The number of carbonyl (C=O) groups is 1. The van der Waals surface area contributed by atoms with Crippen molar-refractivity contribution in [3.8, 4) is 10.6 Å². The summed E-state index contributed by atoms with van der Waals surface area (Å²) in [7, 11) is 0. The van der Waals surface area contributed by atoms with Crippen molar-refractivity contribution >= 4 is 22.9 Å². The van der Waals surface area contributed by atoms with Crippen molar-refractivity contribution in [2.75, 3.05) is 4.90 Å². The summed E-state index contributed by atoms with van der Waals surface area (Å²) in [5.41, 5.74) is 2.18. The van der Waals surface area contributed by atoms with Crippen LogP contribution in [-0.2, 0) is 17.9 Å². The summed E-state index contributed by atoms with van der Waals surface area (Å²) < 4.78 is 1.23. The molecule has 4 rings (SSSR count). The van der Waals surface area contributed by atoms with Crippen LogP contribution in [0.3, 0.4) is 0 Å². The lowest BCUT2D eigenvalue weighted by atomic mass is 10.2. The molecule has 0 atom stereocenters. The van der Waals surface area contributed by atoms with Gasteiger partial charge in [-0.05, 0) is 35.2 Å². The number of anilines is 1. The van der Waals surface area contributed by atoms with Gasteiger partial charge in [-0.3, -0.25) is 9.59 Å². The van der Waals surface area contributed by atoms with E-state index in [2.05, 4.69) is 5.10 Å². The van der Waals surface area contributed by atoms with Crippen LogP contribution >= 0.6 is 11.3 Å². The minimum atomic E-state index is -0.300. The number of para-hydroxylation sites is 1. The zero-order chi connectivity index (χ0) is 20.1. The number of hydrogen-bond donors (Lipinski definition) is 0. The van der Waals surface area contributed by atoms with Gasteiger partial charge in [0.1, 0.15) is 12.2 Å². The topological polar surface area (TPSA) is 55.2 Å². The molecule has 0 saturated carbocycles. The molecule has 0 unspecified atom stereocenters. The summed E-state index contributed by atoms with van der Waals surface area (Å²) in [6.45, 7) is 0.294. The molecule has 144 valence electrons. The third-order valence-corrected chi connectivity index (χ3v) is 5.37. The van der Waals surface area contributed by atoms with Gasteiger partial charge in [0.2, 0.25) is 5.91 Å². The summed E-state index contributed by atoms with van der Waals surface area (Å²) in [5.74, 6) is -0.196. The molecule has 29 heavy (non-hydrogen) atoms. The van der Waals surface area contributed by atoms with Crippen LogP contribution in [0.15, 0.2) is 95.1 Å². The normalized spacial score (nSPS) is 10.6. The van der Waals surface area contributed by atoms with Gasteiger partial charge in [-0.1, -0.05) is 54.6 Å².